The molecule has 0 aliphatic carbocycles. The summed E-state index contributed by atoms with van der Waals surface area (Å²) in [6, 6.07) is 13.5. The number of benzene rings is 2. The van der Waals surface area contributed by atoms with E-state index in [0.717, 1.165) is 17.0 Å². The number of aromatic nitrogens is 1. The van der Waals surface area contributed by atoms with E-state index in [-0.39, 0.29) is 23.0 Å². The van der Waals surface area contributed by atoms with Crippen molar-refractivity contribution in [2.75, 3.05) is 25.0 Å². The number of sulfonamides is 1. The molecule has 2 atom stereocenters. The molecule has 4 rings (SSSR count). The van der Waals surface area contributed by atoms with Crippen LogP contribution < -0.4 is 10.1 Å². The summed E-state index contributed by atoms with van der Waals surface area (Å²) in [6.07, 6.45) is -0.344. The van der Waals surface area contributed by atoms with Gasteiger partial charge in [0, 0.05) is 29.6 Å². The zero-order valence-corrected chi connectivity index (χ0v) is 20.9. The summed E-state index contributed by atoms with van der Waals surface area (Å²) in [4.78, 5) is 17.3. The Balaban J connectivity index is 1.42. The Morgan fingerprint density at radius 3 is 2.38 bits per heavy atom. The minimum atomic E-state index is -3.66. The fourth-order valence-electron chi connectivity index (χ4n) is 3.78. The first-order chi connectivity index (χ1) is 16.3. The van der Waals surface area contributed by atoms with Gasteiger partial charge >= 0.3 is 0 Å². The van der Waals surface area contributed by atoms with Crippen LogP contribution in [-0.4, -0.2) is 55.5 Å². The van der Waals surface area contributed by atoms with Gasteiger partial charge in [-0.25, -0.2) is 13.4 Å². The van der Waals surface area contributed by atoms with E-state index in [0.29, 0.717) is 30.4 Å². The molecular weight excluding hydrogens is 474 g/mol. The normalized spacial score (nSPS) is 19.0. The van der Waals surface area contributed by atoms with Gasteiger partial charge in [0.1, 0.15) is 5.75 Å². The predicted molar refractivity (Wildman–Crippen MR) is 132 cm³/mol. The molecule has 8 nitrogen and oxygen atoms in total. The standard InChI is InChI=1S/C24H27N3O5S2/c1-4-31-20-9-5-18(6-10-20)22-15-33-24(25-22)26-23(28)19-7-11-21(12-8-19)34(29,30)27-13-16(2)32-17(3)14-27/h5-12,15-17H,4,13-14H2,1-3H3,(H,25,26,28)/t16-,17-/m0/s1. The fourth-order valence-corrected chi connectivity index (χ4v) is 6.08. The maximum absolute atomic E-state index is 13.0. The third kappa shape index (κ3) is 5.47. The summed E-state index contributed by atoms with van der Waals surface area (Å²) in [5.74, 6) is 0.434. The Morgan fingerprint density at radius 2 is 1.76 bits per heavy atom. The number of morpholine rings is 1. The number of nitrogens with zero attached hydrogens (tertiary/aromatic N) is 2. The molecule has 0 radical (unpaired) electrons. The molecule has 1 fully saturated rings. The van der Waals surface area contributed by atoms with E-state index in [1.54, 1.807) is 0 Å². The molecule has 1 N–H and O–H groups in total. The van der Waals surface area contributed by atoms with Crippen LogP contribution in [0.15, 0.2) is 58.8 Å². The zero-order valence-electron chi connectivity index (χ0n) is 19.2. The summed E-state index contributed by atoms with van der Waals surface area (Å²) >= 11 is 1.32. The average Bonchev–Trinajstić information content (AvgIpc) is 3.27. The topological polar surface area (TPSA) is 97.8 Å². The van der Waals surface area contributed by atoms with Crippen molar-refractivity contribution in [1.82, 2.24) is 9.29 Å². The van der Waals surface area contributed by atoms with Crippen molar-refractivity contribution in [2.24, 2.45) is 0 Å². The van der Waals surface area contributed by atoms with Crippen LogP contribution >= 0.6 is 11.3 Å². The van der Waals surface area contributed by atoms with Crippen LogP contribution in [0.25, 0.3) is 11.3 Å². The fraction of sp³-hybridized carbons (Fsp3) is 0.333. The van der Waals surface area contributed by atoms with Crippen LogP contribution in [0.1, 0.15) is 31.1 Å². The molecular formula is C24H27N3O5S2. The third-order valence-electron chi connectivity index (χ3n) is 5.33. The Kier molecular flexibility index (Phi) is 7.32. The number of hydrogen-bond acceptors (Lipinski definition) is 7. The van der Waals surface area contributed by atoms with Gasteiger partial charge in [-0.2, -0.15) is 4.31 Å². The lowest BCUT2D eigenvalue weighted by atomic mass is 10.2. The second kappa shape index (κ2) is 10.2. The molecule has 1 aliphatic heterocycles. The van der Waals surface area contributed by atoms with Crippen molar-refractivity contribution in [3.63, 3.8) is 0 Å². The number of carbonyl (C=O) groups excluding carboxylic acids is 1. The Labute approximate surface area is 203 Å². The number of amides is 1. The van der Waals surface area contributed by atoms with Crippen molar-refractivity contribution in [1.29, 1.82) is 0 Å². The highest BCUT2D eigenvalue weighted by Crippen LogP contribution is 2.27. The van der Waals surface area contributed by atoms with E-state index in [9.17, 15) is 13.2 Å². The van der Waals surface area contributed by atoms with Gasteiger partial charge in [-0.05, 0) is 69.3 Å². The largest absolute Gasteiger partial charge is 0.494 e. The minimum absolute atomic E-state index is 0.150. The summed E-state index contributed by atoms with van der Waals surface area (Å²) in [5, 5.41) is 5.11. The number of ether oxygens (including phenoxy) is 2. The van der Waals surface area contributed by atoms with E-state index in [1.807, 2.05) is 50.4 Å². The molecule has 0 unspecified atom stereocenters. The van der Waals surface area contributed by atoms with Gasteiger partial charge in [0.25, 0.3) is 5.91 Å². The number of rotatable bonds is 7. The molecule has 1 aromatic heterocycles. The van der Waals surface area contributed by atoms with Gasteiger partial charge in [-0.3, -0.25) is 10.1 Å². The lowest BCUT2D eigenvalue weighted by Crippen LogP contribution is -2.48. The Morgan fingerprint density at radius 1 is 1.12 bits per heavy atom. The average molecular weight is 502 g/mol. The highest BCUT2D eigenvalue weighted by atomic mass is 32.2. The summed E-state index contributed by atoms with van der Waals surface area (Å²) in [5.41, 5.74) is 2.01. The van der Waals surface area contributed by atoms with Crippen LogP contribution in [-0.2, 0) is 14.8 Å². The van der Waals surface area contributed by atoms with Gasteiger partial charge in [-0.1, -0.05) is 0 Å². The SMILES string of the molecule is CCOc1ccc(-c2csc(NC(=O)c3ccc(S(=O)(=O)N4C[C@H](C)O[C@@H](C)C4)cc3)n2)cc1. The second-order valence-corrected chi connectivity index (χ2v) is 10.8. The van der Waals surface area contributed by atoms with Gasteiger partial charge in [0.15, 0.2) is 5.13 Å². The number of anilines is 1. The third-order valence-corrected chi connectivity index (χ3v) is 7.93. The Bertz CT molecular complexity index is 1230. The minimum Gasteiger partial charge on any atom is -0.494 e. The van der Waals surface area contributed by atoms with E-state index in [4.69, 9.17) is 9.47 Å². The van der Waals surface area contributed by atoms with E-state index in [2.05, 4.69) is 10.3 Å². The summed E-state index contributed by atoms with van der Waals surface area (Å²) in [6.45, 7) is 6.84. The van der Waals surface area contributed by atoms with E-state index < -0.39 is 10.0 Å². The first kappa shape index (κ1) is 24.3. The monoisotopic (exact) mass is 501 g/mol. The van der Waals surface area contributed by atoms with E-state index >= 15 is 0 Å². The lowest BCUT2D eigenvalue weighted by Gasteiger charge is -2.34. The van der Waals surface area contributed by atoms with Crippen molar-refractivity contribution in [3.05, 3.63) is 59.5 Å². The van der Waals surface area contributed by atoms with Crippen molar-refractivity contribution in [3.8, 4) is 17.0 Å². The zero-order chi connectivity index (χ0) is 24.3. The van der Waals surface area contributed by atoms with Gasteiger partial charge in [0.05, 0.1) is 29.4 Å². The molecule has 1 saturated heterocycles. The summed E-state index contributed by atoms with van der Waals surface area (Å²) in [7, 11) is -3.66. The maximum Gasteiger partial charge on any atom is 0.257 e. The quantitative estimate of drug-likeness (QED) is 0.520. The first-order valence-corrected chi connectivity index (χ1v) is 13.3. The van der Waals surface area contributed by atoms with E-state index in [1.165, 1.54) is 39.9 Å². The number of nitrogens with one attached hydrogen (secondary N) is 1. The van der Waals surface area contributed by atoms with Crippen LogP contribution in [0.4, 0.5) is 5.13 Å². The Hall–Kier alpha value is -2.79. The molecule has 0 bridgehead atoms. The highest BCUT2D eigenvalue weighted by Gasteiger charge is 2.32. The lowest BCUT2D eigenvalue weighted by molar-refractivity contribution is -0.0440. The molecule has 1 amide bonds. The molecule has 1 aliphatic rings. The number of carbonyl (C=O) groups is 1. The molecule has 2 heterocycles. The van der Waals surface area contributed by atoms with Gasteiger partial charge < -0.3 is 9.47 Å². The van der Waals surface area contributed by atoms with Crippen LogP contribution in [0.5, 0.6) is 5.75 Å². The molecule has 10 heteroatoms. The maximum atomic E-state index is 13.0. The molecule has 0 saturated carbocycles. The number of hydrogen-bond donors (Lipinski definition) is 1. The van der Waals surface area contributed by atoms with Crippen LogP contribution in [0.3, 0.4) is 0 Å². The van der Waals surface area contributed by atoms with Gasteiger partial charge in [0.2, 0.25) is 10.0 Å². The molecule has 34 heavy (non-hydrogen) atoms. The van der Waals surface area contributed by atoms with Crippen molar-refractivity contribution < 1.29 is 22.7 Å². The summed E-state index contributed by atoms with van der Waals surface area (Å²) < 4.78 is 38.5. The smallest absolute Gasteiger partial charge is 0.257 e. The number of thiazole rings is 1. The molecule has 180 valence electrons. The van der Waals surface area contributed by atoms with Crippen molar-refractivity contribution in [2.45, 2.75) is 37.9 Å². The molecule has 3 aromatic rings. The molecule has 2 aromatic carbocycles. The second-order valence-electron chi connectivity index (χ2n) is 8.05. The van der Waals surface area contributed by atoms with Crippen LogP contribution in [0.2, 0.25) is 0 Å². The van der Waals surface area contributed by atoms with Crippen molar-refractivity contribution >= 4 is 32.4 Å². The molecule has 0 spiro atoms. The first-order valence-electron chi connectivity index (χ1n) is 11.0. The van der Waals surface area contributed by atoms with Gasteiger partial charge in [-0.15, -0.1) is 11.3 Å². The predicted octanol–water partition coefficient (Wildman–Crippen LogP) is 4.26. The highest BCUT2D eigenvalue weighted by molar-refractivity contribution is 7.89. The van der Waals surface area contributed by atoms with Crippen LogP contribution in [0, 0.1) is 0 Å².